The molecule has 1 aliphatic rings. The van der Waals surface area contributed by atoms with Crippen molar-refractivity contribution in [3.05, 3.63) is 35.4 Å². The lowest BCUT2D eigenvalue weighted by molar-refractivity contribution is -0.146. The van der Waals surface area contributed by atoms with Crippen molar-refractivity contribution in [1.29, 1.82) is 0 Å². The van der Waals surface area contributed by atoms with E-state index in [0.717, 1.165) is 25.7 Å². The van der Waals surface area contributed by atoms with E-state index in [9.17, 15) is 4.79 Å². The molecule has 0 saturated carbocycles. The molecule has 0 radical (unpaired) electrons. The Kier molecular flexibility index (Phi) is 3.05. The van der Waals surface area contributed by atoms with E-state index in [4.69, 9.17) is 4.74 Å². The maximum Gasteiger partial charge on any atom is 0.302 e. The quantitative estimate of drug-likeness (QED) is 0.519. The zero-order valence-corrected chi connectivity index (χ0v) is 9.03. The van der Waals surface area contributed by atoms with Gasteiger partial charge in [-0.1, -0.05) is 24.3 Å². The number of fused-ring (bicyclic) bond motifs is 1. The first-order valence-electron chi connectivity index (χ1n) is 5.49. The van der Waals surface area contributed by atoms with Gasteiger partial charge in [0.25, 0.3) is 0 Å². The second-order valence-electron chi connectivity index (χ2n) is 4.08. The smallest absolute Gasteiger partial charge is 0.302 e. The van der Waals surface area contributed by atoms with Crippen LogP contribution in [0, 0.1) is 0 Å². The molecular formula is C13H16O2. The summed E-state index contributed by atoms with van der Waals surface area (Å²) in [5.74, 6) is -0.161. The van der Waals surface area contributed by atoms with Gasteiger partial charge in [0.15, 0.2) is 0 Å². The minimum Gasteiger partial charge on any atom is -0.463 e. The molecule has 2 heteroatoms. The highest BCUT2D eigenvalue weighted by Crippen LogP contribution is 2.22. The van der Waals surface area contributed by atoms with Gasteiger partial charge in [-0.2, -0.15) is 0 Å². The van der Waals surface area contributed by atoms with Crippen LogP contribution in [0.4, 0.5) is 0 Å². The highest BCUT2D eigenvalue weighted by Gasteiger charge is 2.17. The normalized spacial score (nSPS) is 16.6. The summed E-state index contributed by atoms with van der Waals surface area (Å²) in [6, 6.07) is 8.49. The maximum atomic E-state index is 10.9. The van der Waals surface area contributed by atoms with Crippen LogP contribution in [0.1, 0.15) is 30.9 Å². The highest BCUT2D eigenvalue weighted by molar-refractivity contribution is 5.66. The van der Waals surface area contributed by atoms with Crippen LogP contribution in [0.2, 0.25) is 0 Å². The molecule has 0 bridgehead atoms. The Labute approximate surface area is 90.3 Å². The topological polar surface area (TPSA) is 26.3 Å². The largest absolute Gasteiger partial charge is 0.463 e. The van der Waals surface area contributed by atoms with Crippen LogP contribution in [0.15, 0.2) is 24.3 Å². The first kappa shape index (κ1) is 10.2. The summed E-state index contributed by atoms with van der Waals surface area (Å²) >= 11 is 0. The fourth-order valence-corrected chi connectivity index (χ4v) is 2.18. The minimum absolute atomic E-state index is 0.106. The molecule has 1 aliphatic carbocycles. The molecule has 15 heavy (non-hydrogen) atoms. The predicted molar refractivity (Wildman–Crippen MR) is 58.6 cm³/mol. The molecule has 2 nitrogen and oxygen atoms in total. The molecule has 1 aromatic rings. The van der Waals surface area contributed by atoms with Crippen molar-refractivity contribution in [2.24, 2.45) is 0 Å². The highest BCUT2D eigenvalue weighted by atomic mass is 16.5. The molecule has 2 rings (SSSR count). The maximum absolute atomic E-state index is 10.9. The summed E-state index contributed by atoms with van der Waals surface area (Å²) in [7, 11) is 0. The summed E-state index contributed by atoms with van der Waals surface area (Å²) in [4.78, 5) is 10.9. The Morgan fingerprint density at radius 3 is 2.20 bits per heavy atom. The lowest BCUT2D eigenvalue weighted by Gasteiger charge is -2.13. The number of ether oxygens (including phenoxy) is 1. The summed E-state index contributed by atoms with van der Waals surface area (Å²) in [6.07, 6.45) is 4.06. The van der Waals surface area contributed by atoms with Crippen molar-refractivity contribution in [1.82, 2.24) is 0 Å². The third kappa shape index (κ3) is 2.58. The van der Waals surface area contributed by atoms with Crippen molar-refractivity contribution in [3.8, 4) is 0 Å². The fourth-order valence-electron chi connectivity index (χ4n) is 2.18. The summed E-state index contributed by atoms with van der Waals surface area (Å²) in [5, 5.41) is 0. The molecule has 0 atom stereocenters. The summed E-state index contributed by atoms with van der Waals surface area (Å²) < 4.78 is 5.26. The average molecular weight is 204 g/mol. The van der Waals surface area contributed by atoms with Crippen LogP contribution in [0.3, 0.4) is 0 Å². The Hall–Kier alpha value is -1.31. The van der Waals surface area contributed by atoms with Crippen LogP contribution < -0.4 is 0 Å². The van der Waals surface area contributed by atoms with Crippen molar-refractivity contribution in [2.75, 3.05) is 0 Å². The van der Waals surface area contributed by atoms with Gasteiger partial charge in [0.05, 0.1) is 0 Å². The van der Waals surface area contributed by atoms with Gasteiger partial charge < -0.3 is 4.74 Å². The van der Waals surface area contributed by atoms with E-state index in [2.05, 4.69) is 24.3 Å². The molecule has 0 unspecified atom stereocenters. The minimum atomic E-state index is -0.161. The van der Waals surface area contributed by atoms with Crippen molar-refractivity contribution < 1.29 is 9.53 Å². The third-order valence-corrected chi connectivity index (χ3v) is 2.92. The van der Waals surface area contributed by atoms with Gasteiger partial charge in [-0.15, -0.1) is 0 Å². The number of aryl methyl sites for hydroxylation is 2. The molecule has 0 saturated heterocycles. The van der Waals surface area contributed by atoms with Crippen LogP contribution in [-0.4, -0.2) is 12.1 Å². The van der Waals surface area contributed by atoms with Gasteiger partial charge in [0.2, 0.25) is 0 Å². The van der Waals surface area contributed by atoms with Gasteiger partial charge >= 0.3 is 5.97 Å². The van der Waals surface area contributed by atoms with E-state index in [1.54, 1.807) is 0 Å². The van der Waals surface area contributed by atoms with E-state index in [1.807, 2.05) is 0 Å². The second-order valence-corrected chi connectivity index (χ2v) is 4.08. The molecule has 80 valence electrons. The number of hydrogen-bond acceptors (Lipinski definition) is 2. The number of benzene rings is 1. The average Bonchev–Trinajstić information content (AvgIpc) is 2.41. The van der Waals surface area contributed by atoms with Crippen LogP contribution in [-0.2, 0) is 22.4 Å². The number of carbonyl (C=O) groups is 1. The van der Waals surface area contributed by atoms with E-state index in [1.165, 1.54) is 18.1 Å². The van der Waals surface area contributed by atoms with Gasteiger partial charge in [0.1, 0.15) is 6.10 Å². The lowest BCUT2D eigenvalue weighted by Crippen LogP contribution is -2.16. The summed E-state index contributed by atoms with van der Waals surface area (Å²) in [5.41, 5.74) is 2.82. The van der Waals surface area contributed by atoms with Gasteiger partial charge in [-0.25, -0.2) is 0 Å². The lowest BCUT2D eigenvalue weighted by atomic mass is 10.0. The molecular weight excluding hydrogens is 188 g/mol. The summed E-state index contributed by atoms with van der Waals surface area (Å²) in [6.45, 7) is 1.48. The Morgan fingerprint density at radius 2 is 1.73 bits per heavy atom. The second kappa shape index (κ2) is 4.47. The first-order valence-corrected chi connectivity index (χ1v) is 5.49. The molecule has 0 aliphatic heterocycles. The van der Waals surface area contributed by atoms with Gasteiger partial charge in [-0.3, -0.25) is 4.79 Å². The number of esters is 1. The standard InChI is InChI=1S/C13H16O2/c1-10(14)15-13-8-6-11-4-2-3-5-12(11)7-9-13/h2-5,13H,6-9H2,1H3. The van der Waals surface area contributed by atoms with Crippen LogP contribution >= 0.6 is 0 Å². The van der Waals surface area contributed by atoms with Crippen molar-refractivity contribution in [2.45, 2.75) is 38.7 Å². The molecule has 0 spiro atoms. The first-order chi connectivity index (χ1) is 7.25. The fraction of sp³-hybridized carbons (Fsp3) is 0.462. The van der Waals surface area contributed by atoms with Gasteiger partial charge in [0, 0.05) is 6.92 Å². The molecule has 1 aromatic carbocycles. The molecule has 0 aromatic heterocycles. The molecule has 0 N–H and O–H groups in total. The SMILES string of the molecule is CC(=O)OC1CCc2ccccc2CC1. The number of rotatable bonds is 1. The van der Waals surface area contributed by atoms with Crippen LogP contribution in [0.5, 0.6) is 0 Å². The number of hydrogen-bond donors (Lipinski definition) is 0. The van der Waals surface area contributed by atoms with E-state index in [-0.39, 0.29) is 12.1 Å². The molecule has 0 amide bonds. The molecule has 0 fully saturated rings. The Bertz CT molecular complexity index is 330. The molecule has 0 heterocycles. The van der Waals surface area contributed by atoms with Gasteiger partial charge in [-0.05, 0) is 36.8 Å². The van der Waals surface area contributed by atoms with Crippen LogP contribution in [0.25, 0.3) is 0 Å². The monoisotopic (exact) mass is 204 g/mol. The Morgan fingerprint density at radius 1 is 1.20 bits per heavy atom. The number of carbonyl (C=O) groups excluding carboxylic acids is 1. The van der Waals surface area contributed by atoms with Crippen molar-refractivity contribution >= 4 is 5.97 Å². The van der Waals surface area contributed by atoms with E-state index < -0.39 is 0 Å². The van der Waals surface area contributed by atoms with E-state index >= 15 is 0 Å². The van der Waals surface area contributed by atoms with Crippen molar-refractivity contribution in [3.63, 3.8) is 0 Å². The zero-order valence-electron chi connectivity index (χ0n) is 9.03. The van der Waals surface area contributed by atoms with E-state index in [0.29, 0.717) is 0 Å². The zero-order chi connectivity index (χ0) is 10.7. The third-order valence-electron chi connectivity index (χ3n) is 2.92. The predicted octanol–water partition coefficient (Wildman–Crippen LogP) is 2.50. The Balaban J connectivity index is 2.05.